The summed E-state index contributed by atoms with van der Waals surface area (Å²) in [5.41, 5.74) is 0. The first-order chi connectivity index (χ1) is 9.73. The SMILES string of the molecule is O=P(SC1C=CC=C1)(SC1C=CC=C1)SC1C=CC=C1. The van der Waals surface area contributed by atoms with Gasteiger partial charge in [-0.2, -0.15) is 0 Å². The van der Waals surface area contributed by atoms with Crippen LogP contribution < -0.4 is 0 Å². The topological polar surface area (TPSA) is 17.1 Å². The summed E-state index contributed by atoms with van der Waals surface area (Å²) in [6.45, 7) is 0. The monoisotopic (exact) mass is 338 g/mol. The normalized spacial score (nSPS) is 22.0. The van der Waals surface area contributed by atoms with Crippen molar-refractivity contribution in [3.8, 4) is 0 Å². The van der Waals surface area contributed by atoms with Crippen LogP contribution in [-0.2, 0) is 4.57 Å². The lowest BCUT2D eigenvalue weighted by molar-refractivity contribution is 0.601. The van der Waals surface area contributed by atoms with Crippen molar-refractivity contribution in [2.24, 2.45) is 0 Å². The maximum absolute atomic E-state index is 13.4. The molecule has 0 aromatic heterocycles. The molecule has 0 saturated carbocycles. The van der Waals surface area contributed by atoms with Gasteiger partial charge in [0, 0.05) is 15.7 Å². The van der Waals surface area contributed by atoms with Gasteiger partial charge in [-0.25, -0.2) is 0 Å². The smallest absolute Gasteiger partial charge is 0.246 e. The van der Waals surface area contributed by atoms with Crippen LogP contribution in [0.15, 0.2) is 72.9 Å². The summed E-state index contributed by atoms with van der Waals surface area (Å²) in [4.78, 5) is 0. The highest BCUT2D eigenvalue weighted by Crippen LogP contribution is 2.81. The van der Waals surface area contributed by atoms with Crippen LogP contribution in [0.3, 0.4) is 0 Å². The standard InChI is InChI=1S/C15H15OPS3/c16-17(18-13-7-1-2-8-13,19-14-9-3-4-10-14)20-15-11-5-6-12-15/h1-15H. The van der Waals surface area contributed by atoms with Crippen molar-refractivity contribution in [1.29, 1.82) is 0 Å². The molecule has 3 aliphatic carbocycles. The van der Waals surface area contributed by atoms with Gasteiger partial charge in [-0.15, -0.1) is 0 Å². The van der Waals surface area contributed by atoms with E-state index in [0.29, 0.717) is 0 Å². The lowest BCUT2D eigenvalue weighted by Gasteiger charge is -2.22. The van der Waals surface area contributed by atoms with Crippen molar-refractivity contribution in [1.82, 2.24) is 0 Å². The van der Waals surface area contributed by atoms with Crippen LogP contribution >= 0.6 is 38.9 Å². The van der Waals surface area contributed by atoms with Crippen molar-refractivity contribution >= 4 is 38.9 Å². The van der Waals surface area contributed by atoms with Crippen molar-refractivity contribution in [3.05, 3.63) is 72.9 Å². The van der Waals surface area contributed by atoms with Crippen LogP contribution in [0.5, 0.6) is 0 Å². The van der Waals surface area contributed by atoms with Crippen LogP contribution in [0, 0.1) is 0 Å². The molecule has 0 amide bonds. The molecule has 3 aliphatic rings. The summed E-state index contributed by atoms with van der Waals surface area (Å²) in [7, 11) is 0. The van der Waals surface area contributed by atoms with Crippen molar-refractivity contribution in [2.75, 3.05) is 0 Å². The Kier molecular flexibility index (Phi) is 4.87. The van der Waals surface area contributed by atoms with Gasteiger partial charge in [-0.1, -0.05) is 107 Å². The first-order valence-corrected chi connectivity index (χ1v) is 12.6. The summed E-state index contributed by atoms with van der Waals surface area (Å²) in [6.07, 6.45) is 24.8. The van der Waals surface area contributed by atoms with Gasteiger partial charge in [0.05, 0.1) is 0 Å². The molecule has 0 fully saturated rings. The summed E-state index contributed by atoms with van der Waals surface area (Å²) in [5.74, 6) is 0. The number of allylic oxidation sites excluding steroid dienone is 6. The number of hydrogen-bond acceptors (Lipinski definition) is 4. The fourth-order valence-electron chi connectivity index (χ4n) is 1.97. The second-order valence-electron chi connectivity index (χ2n) is 4.47. The maximum atomic E-state index is 13.4. The van der Waals surface area contributed by atoms with Crippen LogP contribution in [-0.4, -0.2) is 15.7 Å². The molecule has 0 saturated heterocycles. The molecule has 0 aromatic carbocycles. The molecule has 0 spiro atoms. The molecule has 0 bridgehead atoms. The van der Waals surface area contributed by atoms with Gasteiger partial charge in [0.15, 0.2) is 0 Å². The van der Waals surface area contributed by atoms with E-state index in [1.807, 2.05) is 36.5 Å². The maximum Gasteiger partial charge on any atom is 0.246 e. The van der Waals surface area contributed by atoms with E-state index in [1.165, 1.54) is 0 Å². The minimum absolute atomic E-state index is 0.240. The molecule has 0 N–H and O–H groups in total. The third kappa shape index (κ3) is 3.88. The lowest BCUT2D eigenvalue weighted by atomic mass is 10.5. The average Bonchev–Trinajstić information content (AvgIpc) is 3.11. The van der Waals surface area contributed by atoms with Crippen LogP contribution in [0.25, 0.3) is 0 Å². The molecule has 0 atom stereocenters. The van der Waals surface area contributed by atoms with E-state index in [-0.39, 0.29) is 15.7 Å². The van der Waals surface area contributed by atoms with E-state index in [9.17, 15) is 4.57 Å². The molecule has 0 radical (unpaired) electrons. The summed E-state index contributed by atoms with van der Waals surface area (Å²) in [6, 6.07) is 0. The average molecular weight is 338 g/mol. The molecule has 104 valence electrons. The second kappa shape index (κ2) is 6.65. The lowest BCUT2D eigenvalue weighted by Crippen LogP contribution is -1.94. The summed E-state index contributed by atoms with van der Waals surface area (Å²) < 4.78 is 10.9. The molecular weight excluding hydrogens is 323 g/mol. The van der Waals surface area contributed by atoms with E-state index in [4.69, 9.17) is 0 Å². The zero-order valence-electron chi connectivity index (χ0n) is 10.7. The second-order valence-corrected chi connectivity index (χ2v) is 16.2. The molecular formula is C15H15OPS3. The largest absolute Gasteiger partial charge is 0.288 e. The molecule has 3 rings (SSSR count). The summed E-state index contributed by atoms with van der Waals surface area (Å²) in [5, 5.41) is 0.721. The Bertz CT molecular complexity index is 469. The van der Waals surface area contributed by atoms with Gasteiger partial charge in [0.25, 0.3) is 0 Å². The Labute approximate surface area is 132 Å². The number of hydrogen-bond donors (Lipinski definition) is 0. The molecule has 0 aromatic rings. The first-order valence-electron chi connectivity index (χ1n) is 6.44. The van der Waals surface area contributed by atoms with Crippen LogP contribution in [0.1, 0.15) is 0 Å². The van der Waals surface area contributed by atoms with Gasteiger partial charge < -0.3 is 0 Å². The van der Waals surface area contributed by atoms with E-state index in [2.05, 4.69) is 36.5 Å². The van der Waals surface area contributed by atoms with Gasteiger partial charge in [0.2, 0.25) is 4.75 Å². The van der Waals surface area contributed by atoms with Gasteiger partial charge in [-0.3, -0.25) is 4.57 Å². The summed E-state index contributed by atoms with van der Waals surface area (Å²) >= 11 is 4.80. The Hall–Kier alpha value is -0.280. The van der Waals surface area contributed by atoms with Crippen molar-refractivity contribution in [2.45, 2.75) is 15.7 Å². The zero-order chi connectivity index (χ0) is 13.8. The minimum atomic E-state index is -2.42. The number of rotatable bonds is 6. The van der Waals surface area contributed by atoms with E-state index in [0.717, 1.165) is 0 Å². The third-order valence-corrected chi connectivity index (χ3v) is 14.5. The van der Waals surface area contributed by atoms with E-state index in [1.54, 1.807) is 34.1 Å². The predicted octanol–water partition coefficient (Wildman–Crippen LogP) is 5.78. The first kappa shape index (κ1) is 14.6. The highest BCUT2D eigenvalue weighted by atomic mass is 33.4. The molecule has 5 heteroatoms. The van der Waals surface area contributed by atoms with Gasteiger partial charge >= 0.3 is 0 Å². The molecule has 0 unspecified atom stereocenters. The highest BCUT2D eigenvalue weighted by molar-refractivity contribution is 9.15. The quantitative estimate of drug-likeness (QED) is 0.571. The molecule has 20 heavy (non-hydrogen) atoms. The Morgan fingerprint density at radius 1 is 0.550 bits per heavy atom. The fraction of sp³-hybridized carbons (Fsp3) is 0.200. The Morgan fingerprint density at radius 3 is 1.05 bits per heavy atom. The van der Waals surface area contributed by atoms with Crippen molar-refractivity contribution in [3.63, 3.8) is 0 Å². The minimum Gasteiger partial charge on any atom is -0.288 e. The Morgan fingerprint density at radius 2 is 0.800 bits per heavy atom. The van der Waals surface area contributed by atoms with Gasteiger partial charge in [0.1, 0.15) is 0 Å². The van der Waals surface area contributed by atoms with Gasteiger partial charge in [-0.05, 0) is 0 Å². The Balaban J connectivity index is 1.71. The predicted molar refractivity (Wildman–Crippen MR) is 96.6 cm³/mol. The van der Waals surface area contributed by atoms with Crippen molar-refractivity contribution < 1.29 is 4.57 Å². The van der Waals surface area contributed by atoms with E-state index < -0.39 is 4.75 Å². The van der Waals surface area contributed by atoms with Crippen LogP contribution in [0.2, 0.25) is 0 Å². The molecule has 0 heterocycles. The third-order valence-electron chi connectivity index (χ3n) is 2.89. The fourth-order valence-corrected chi connectivity index (χ4v) is 15.1. The zero-order valence-corrected chi connectivity index (χ0v) is 14.1. The highest BCUT2D eigenvalue weighted by Gasteiger charge is 2.33. The molecule has 1 nitrogen and oxygen atoms in total. The van der Waals surface area contributed by atoms with Crippen LogP contribution in [0.4, 0.5) is 0 Å². The molecule has 0 aliphatic heterocycles. The van der Waals surface area contributed by atoms with E-state index >= 15 is 0 Å².